The topological polar surface area (TPSA) is 67.9 Å². The summed E-state index contributed by atoms with van der Waals surface area (Å²) in [5, 5.41) is 6.59. The van der Waals surface area contributed by atoms with Crippen LogP contribution < -0.4 is 16.5 Å². The van der Waals surface area contributed by atoms with Gasteiger partial charge in [-0.2, -0.15) is 0 Å². The smallest absolute Gasteiger partial charge is 0.127 e. The van der Waals surface area contributed by atoms with Crippen molar-refractivity contribution in [3.05, 3.63) is 18.2 Å². The van der Waals surface area contributed by atoms with Crippen LogP contribution in [0.4, 0.5) is 0 Å². The van der Waals surface area contributed by atoms with Crippen molar-refractivity contribution in [1.29, 1.82) is 0 Å². The highest BCUT2D eigenvalue weighted by atomic mass is 15.3. The molecule has 1 aromatic rings. The molecule has 1 aliphatic heterocycles. The van der Waals surface area contributed by atoms with Crippen molar-refractivity contribution in [2.45, 2.75) is 32.7 Å². The van der Waals surface area contributed by atoms with Gasteiger partial charge in [0.15, 0.2) is 0 Å². The molecule has 5 heteroatoms. The minimum absolute atomic E-state index is 0.675. The molecular weight excluding hydrogens is 202 g/mol. The first kappa shape index (κ1) is 13.0. The molecular formula is C11H23N5. The molecule has 1 saturated heterocycles. The van der Waals surface area contributed by atoms with Crippen molar-refractivity contribution >= 4 is 0 Å². The Balaban J connectivity index is 0.000000165. The molecule has 0 aliphatic carbocycles. The second-order valence-electron chi connectivity index (χ2n) is 4.06. The third-order valence-electron chi connectivity index (χ3n) is 2.47. The highest BCUT2D eigenvalue weighted by Gasteiger charge is 2.03. The number of hydrogen-bond acceptors (Lipinski definition) is 4. The quantitative estimate of drug-likeness (QED) is 0.625. The minimum Gasteiger partial charge on any atom is -0.338 e. The Hall–Kier alpha value is -1.07. The number of nitrogens with zero attached hydrogens (tertiary/aromatic N) is 2. The summed E-state index contributed by atoms with van der Waals surface area (Å²) in [5.41, 5.74) is 0. The molecule has 0 saturated carbocycles. The third-order valence-corrected chi connectivity index (χ3v) is 2.47. The number of nitrogens with one attached hydrogen (secondary N) is 2. The summed E-state index contributed by atoms with van der Waals surface area (Å²) in [7, 11) is 0. The van der Waals surface area contributed by atoms with Gasteiger partial charge in [0.05, 0.1) is 0 Å². The molecule has 1 unspecified atom stereocenters. The summed E-state index contributed by atoms with van der Waals surface area (Å²) in [6.07, 6.45) is 5.52. The van der Waals surface area contributed by atoms with Crippen molar-refractivity contribution in [3.63, 3.8) is 0 Å². The molecule has 1 aromatic heterocycles. The van der Waals surface area contributed by atoms with Crippen LogP contribution in [-0.2, 0) is 6.42 Å². The highest BCUT2D eigenvalue weighted by Crippen LogP contribution is 1.95. The van der Waals surface area contributed by atoms with Crippen LogP contribution in [0.5, 0.6) is 0 Å². The molecule has 0 radical (unpaired) electrons. The Morgan fingerprint density at radius 1 is 1.56 bits per heavy atom. The molecule has 1 fully saturated rings. The van der Waals surface area contributed by atoms with E-state index in [-0.39, 0.29) is 0 Å². The van der Waals surface area contributed by atoms with Crippen LogP contribution in [0.1, 0.15) is 26.1 Å². The Bertz CT molecular complexity index is 278. The molecule has 2 heterocycles. The number of aromatic nitrogens is 2. The average Bonchev–Trinajstić information content (AvgIpc) is 2.67. The molecule has 1 aliphatic rings. The van der Waals surface area contributed by atoms with Gasteiger partial charge in [0, 0.05) is 44.5 Å². The zero-order chi connectivity index (χ0) is 11.8. The lowest BCUT2D eigenvalue weighted by atomic mass is 10.3. The minimum atomic E-state index is 0.675. The van der Waals surface area contributed by atoms with Crippen molar-refractivity contribution in [2.75, 3.05) is 25.5 Å². The maximum absolute atomic E-state index is 5.48. The number of nitrogen functional groups attached to an aromatic ring is 1. The van der Waals surface area contributed by atoms with E-state index in [9.17, 15) is 0 Å². The van der Waals surface area contributed by atoms with Crippen molar-refractivity contribution in [2.24, 2.45) is 0 Å². The standard InChI is InChI=1S/C6H11N3.C5H12N2/c1-2-3-6-8-4-5-9(6)7;1-5-4-6-2-3-7-5/h4-5H,2-3,7H2,1H3;5-7H,2-4H2,1H3. The summed E-state index contributed by atoms with van der Waals surface area (Å²) < 4.78 is 1.56. The maximum Gasteiger partial charge on any atom is 0.127 e. The molecule has 4 N–H and O–H groups in total. The van der Waals surface area contributed by atoms with Gasteiger partial charge in [-0.15, -0.1) is 0 Å². The Kier molecular flexibility index (Phi) is 5.88. The largest absolute Gasteiger partial charge is 0.338 e. The Morgan fingerprint density at radius 2 is 2.38 bits per heavy atom. The summed E-state index contributed by atoms with van der Waals surface area (Å²) in [4.78, 5) is 4.04. The first-order valence-corrected chi connectivity index (χ1v) is 5.95. The molecule has 2 rings (SSSR count). The van der Waals surface area contributed by atoms with Crippen LogP contribution in [-0.4, -0.2) is 35.3 Å². The molecule has 0 spiro atoms. The summed E-state index contributed by atoms with van der Waals surface area (Å²) in [5.74, 6) is 6.44. The predicted molar refractivity (Wildman–Crippen MR) is 66.7 cm³/mol. The number of hydrogen-bond donors (Lipinski definition) is 3. The zero-order valence-corrected chi connectivity index (χ0v) is 10.2. The van der Waals surface area contributed by atoms with Gasteiger partial charge in [-0.25, -0.2) is 4.98 Å². The van der Waals surface area contributed by atoms with E-state index in [4.69, 9.17) is 5.84 Å². The highest BCUT2D eigenvalue weighted by molar-refractivity contribution is 4.91. The van der Waals surface area contributed by atoms with Crippen molar-refractivity contribution in [3.8, 4) is 0 Å². The monoisotopic (exact) mass is 225 g/mol. The van der Waals surface area contributed by atoms with Crippen LogP contribution in [0.25, 0.3) is 0 Å². The first-order valence-electron chi connectivity index (χ1n) is 5.95. The molecule has 0 amide bonds. The SMILES string of the molecule is CC1CNCCN1.CCCc1nccn1N. The molecule has 5 nitrogen and oxygen atoms in total. The summed E-state index contributed by atoms with van der Waals surface area (Å²) in [6.45, 7) is 7.67. The maximum atomic E-state index is 5.48. The van der Waals surface area contributed by atoms with E-state index in [1.165, 1.54) is 0 Å². The van der Waals surface area contributed by atoms with Gasteiger partial charge in [-0.3, -0.25) is 4.68 Å². The van der Waals surface area contributed by atoms with E-state index in [1.807, 2.05) is 0 Å². The lowest BCUT2D eigenvalue weighted by Crippen LogP contribution is -2.46. The fourth-order valence-corrected chi connectivity index (χ4v) is 1.56. The van der Waals surface area contributed by atoms with Crippen LogP contribution >= 0.6 is 0 Å². The predicted octanol–water partition coefficient (Wildman–Crippen LogP) is 0.117. The lowest BCUT2D eigenvalue weighted by Gasteiger charge is -2.19. The number of aryl methyl sites for hydroxylation is 1. The van der Waals surface area contributed by atoms with Crippen molar-refractivity contribution in [1.82, 2.24) is 20.3 Å². The van der Waals surface area contributed by atoms with Gasteiger partial charge in [0.2, 0.25) is 0 Å². The van der Waals surface area contributed by atoms with E-state index in [2.05, 4.69) is 29.5 Å². The second kappa shape index (κ2) is 7.24. The van der Waals surface area contributed by atoms with Crippen LogP contribution in [0, 0.1) is 0 Å². The molecule has 0 aromatic carbocycles. The fraction of sp³-hybridized carbons (Fsp3) is 0.727. The number of piperazine rings is 1. The van der Waals surface area contributed by atoms with E-state index in [1.54, 1.807) is 17.1 Å². The van der Waals surface area contributed by atoms with Gasteiger partial charge in [0.1, 0.15) is 5.82 Å². The lowest BCUT2D eigenvalue weighted by molar-refractivity contribution is 0.442. The summed E-state index contributed by atoms with van der Waals surface area (Å²) >= 11 is 0. The number of nitrogens with two attached hydrogens (primary N) is 1. The van der Waals surface area contributed by atoms with Gasteiger partial charge in [-0.1, -0.05) is 6.92 Å². The molecule has 16 heavy (non-hydrogen) atoms. The van der Waals surface area contributed by atoms with Gasteiger partial charge in [0.25, 0.3) is 0 Å². The second-order valence-corrected chi connectivity index (χ2v) is 4.06. The fourth-order valence-electron chi connectivity index (χ4n) is 1.56. The van der Waals surface area contributed by atoms with E-state index < -0.39 is 0 Å². The van der Waals surface area contributed by atoms with Crippen LogP contribution in [0.3, 0.4) is 0 Å². The summed E-state index contributed by atoms with van der Waals surface area (Å²) in [6, 6.07) is 0.675. The molecule has 1 atom stereocenters. The van der Waals surface area contributed by atoms with Crippen LogP contribution in [0.2, 0.25) is 0 Å². The number of rotatable bonds is 2. The first-order chi connectivity index (χ1) is 7.74. The average molecular weight is 225 g/mol. The van der Waals surface area contributed by atoms with E-state index in [0.717, 1.165) is 38.3 Å². The third kappa shape index (κ3) is 4.63. The van der Waals surface area contributed by atoms with Gasteiger partial charge in [-0.05, 0) is 13.3 Å². The van der Waals surface area contributed by atoms with E-state index in [0.29, 0.717) is 6.04 Å². The Morgan fingerprint density at radius 3 is 2.75 bits per heavy atom. The van der Waals surface area contributed by atoms with Gasteiger partial charge >= 0.3 is 0 Å². The number of imidazole rings is 1. The van der Waals surface area contributed by atoms with Crippen LogP contribution in [0.15, 0.2) is 12.4 Å². The molecule has 0 bridgehead atoms. The normalized spacial score (nSPS) is 20.0. The molecule has 92 valence electrons. The zero-order valence-electron chi connectivity index (χ0n) is 10.2. The van der Waals surface area contributed by atoms with E-state index >= 15 is 0 Å². The Labute approximate surface area is 97.4 Å². The van der Waals surface area contributed by atoms with Crippen molar-refractivity contribution < 1.29 is 0 Å². The van der Waals surface area contributed by atoms with Gasteiger partial charge < -0.3 is 16.5 Å².